The van der Waals surface area contributed by atoms with Crippen LogP contribution in [0.5, 0.6) is 0 Å². The number of rotatable bonds is 5. The van der Waals surface area contributed by atoms with Gasteiger partial charge in [-0.1, -0.05) is 36.4 Å². The lowest BCUT2D eigenvalue weighted by Crippen LogP contribution is -2.68. The maximum atomic E-state index is 13.2. The Bertz CT molecular complexity index is 965. The molecule has 5 nitrogen and oxygen atoms in total. The zero-order chi connectivity index (χ0) is 18.7. The molecule has 1 aliphatic heterocycles. The summed E-state index contributed by atoms with van der Waals surface area (Å²) in [5.41, 5.74) is 0.253. The smallest absolute Gasteiger partial charge is 0.255 e. The van der Waals surface area contributed by atoms with E-state index in [0.717, 1.165) is 0 Å². The Morgan fingerprint density at radius 1 is 1.00 bits per heavy atom. The fourth-order valence-electron chi connectivity index (χ4n) is 3.23. The van der Waals surface area contributed by atoms with E-state index in [1.807, 2.05) is 60.7 Å². The number of carbonyl (C=O) groups excluding carboxylic acids is 2. The molecule has 1 atom stereocenters. The molecular weight excluding hydrogens is 340 g/mol. The summed E-state index contributed by atoms with van der Waals surface area (Å²) in [5.74, 6) is 0.253. The number of carbonyl (C=O) groups is 2. The van der Waals surface area contributed by atoms with Gasteiger partial charge in [0.2, 0.25) is 5.91 Å². The van der Waals surface area contributed by atoms with Crippen LogP contribution in [0.3, 0.4) is 0 Å². The topological polar surface area (TPSA) is 62.6 Å². The van der Waals surface area contributed by atoms with Crippen LogP contribution in [-0.4, -0.2) is 17.4 Å². The van der Waals surface area contributed by atoms with Crippen molar-refractivity contribution < 1.29 is 14.0 Å². The fourth-order valence-corrected chi connectivity index (χ4v) is 3.23. The maximum Gasteiger partial charge on any atom is 0.255 e. The molecule has 0 saturated carbocycles. The van der Waals surface area contributed by atoms with Crippen molar-refractivity contribution in [3.05, 3.63) is 90.9 Å². The van der Waals surface area contributed by atoms with Gasteiger partial charge in [-0.2, -0.15) is 0 Å². The molecule has 2 heterocycles. The molecule has 0 aliphatic carbocycles. The third kappa shape index (κ3) is 3.15. The fraction of sp³-hybridized carbons (Fsp3) is 0.0909. The van der Waals surface area contributed by atoms with Crippen LogP contribution >= 0.6 is 0 Å². The standard InChI is InChI=1S/C22H18N2O3/c25-20-16-22(14-13-19-12-7-15-27-19,24(20)18-10-5-2-6-11-18)21(26)23-17-8-3-1-4-9-17/h1-15H,16H2,(H,23,26). The number of benzene rings is 2. The number of β-lactam (4-membered cyclic amide) rings is 1. The highest BCUT2D eigenvalue weighted by Gasteiger charge is 2.55. The lowest BCUT2D eigenvalue weighted by atomic mass is 9.81. The maximum absolute atomic E-state index is 13.2. The Labute approximate surface area is 156 Å². The molecule has 1 aromatic heterocycles. The second kappa shape index (κ2) is 6.96. The van der Waals surface area contributed by atoms with E-state index in [-0.39, 0.29) is 18.2 Å². The lowest BCUT2D eigenvalue weighted by Gasteiger charge is -2.48. The normalized spacial score (nSPS) is 19.1. The van der Waals surface area contributed by atoms with Crippen LogP contribution in [0.15, 0.2) is 89.6 Å². The molecule has 2 amide bonds. The van der Waals surface area contributed by atoms with Gasteiger partial charge in [0.1, 0.15) is 5.76 Å². The summed E-state index contributed by atoms with van der Waals surface area (Å²) in [6.07, 6.45) is 5.13. The molecule has 5 heteroatoms. The number of para-hydroxylation sites is 2. The molecular formula is C22H18N2O3. The van der Waals surface area contributed by atoms with Crippen molar-refractivity contribution in [3.63, 3.8) is 0 Å². The van der Waals surface area contributed by atoms with Gasteiger partial charge in [-0.25, -0.2) is 0 Å². The van der Waals surface area contributed by atoms with E-state index in [4.69, 9.17) is 4.42 Å². The Hall–Kier alpha value is -3.60. The van der Waals surface area contributed by atoms with Gasteiger partial charge < -0.3 is 9.73 Å². The van der Waals surface area contributed by atoms with Gasteiger partial charge >= 0.3 is 0 Å². The summed E-state index contributed by atoms with van der Waals surface area (Å²) in [4.78, 5) is 27.2. The highest BCUT2D eigenvalue weighted by molar-refractivity contribution is 6.18. The van der Waals surface area contributed by atoms with E-state index in [1.54, 1.807) is 30.5 Å². The zero-order valence-corrected chi connectivity index (χ0v) is 14.5. The number of furan rings is 1. The predicted octanol–water partition coefficient (Wildman–Crippen LogP) is 4.11. The van der Waals surface area contributed by atoms with Crippen molar-refractivity contribution in [3.8, 4) is 0 Å². The first-order valence-corrected chi connectivity index (χ1v) is 8.66. The van der Waals surface area contributed by atoms with Crippen LogP contribution in [0.4, 0.5) is 11.4 Å². The summed E-state index contributed by atoms with van der Waals surface area (Å²) in [5, 5.41) is 2.92. The summed E-state index contributed by atoms with van der Waals surface area (Å²) in [7, 11) is 0. The summed E-state index contributed by atoms with van der Waals surface area (Å²) >= 11 is 0. The second-order valence-electron chi connectivity index (χ2n) is 6.33. The van der Waals surface area contributed by atoms with Crippen molar-refractivity contribution in [2.24, 2.45) is 0 Å². The van der Waals surface area contributed by atoms with Gasteiger partial charge in [-0.3, -0.25) is 14.5 Å². The van der Waals surface area contributed by atoms with Crippen LogP contribution in [0.2, 0.25) is 0 Å². The highest BCUT2D eigenvalue weighted by Crippen LogP contribution is 2.39. The number of hydrogen-bond acceptors (Lipinski definition) is 3. The van der Waals surface area contributed by atoms with Crippen molar-refractivity contribution in [1.82, 2.24) is 0 Å². The summed E-state index contributed by atoms with van der Waals surface area (Å²) in [6, 6.07) is 22.0. The summed E-state index contributed by atoms with van der Waals surface area (Å²) in [6.45, 7) is 0. The Kier molecular flexibility index (Phi) is 4.34. The third-order valence-corrected chi connectivity index (χ3v) is 4.57. The largest absolute Gasteiger partial charge is 0.465 e. The number of nitrogens with zero attached hydrogens (tertiary/aromatic N) is 1. The first-order chi connectivity index (χ1) is 13.2. The second-order valence-corrected chi connectivity index (χ2v) is 6.33. The predicted molar refractivity (Wildman–Crippen MR) is 104 cm³/mol. The molecule has 1 fully saturated rings. The minimum atomic E-state index is -1.11. The lowest BCUT2D eigenvalue weighted by molar-refractivity contribution is -0.134. The van der Waals surface area contributed by atoms with Crippen LogP contribution < -0.4 is 10.2 Å². The Morgan fingerprint density at radius 2 is 1.70 bits per heavy atom. The van der Waals surface area contributed by atoms with Gasteiger partial charge in [0.25, 0.3) is 5.91 Å². The van der Waals surface area contributed by atoms with E-state index < -0.39 is 5.54 Å². The van der Waals surface area contributed by atoms with Gasteiger partial charge in [-0.05, 0) is 48.6 Å². The summed E-state index contributed by atoms with van der Waals surface area (Å²) < 4.78 is 5.34. The Morgan fingerprint density at radius 3 is 2.33 bits per heavy atom. The molecule has 4 rings (SSSR count). The van der Waals surface area contributed by atoms with E-state index in [9.17, 15) is 9.59 Å². The molecule has 2 aromatic carbocycles. The van der Waals surface area contributed by atoms with E-state index in [0.29, 0.717) is 17.1 Å². The van der Waals surface area contributed by atoms with Crippen LogP contribution in [0.25, 0.3) is 6.08 Å². The molecule has 0 bridgehead atoms. The Balaban J connectivity index is 1.71. The number of amides is 2. The zero-order valence-electron chi connectivity index (χ0n) is 14.5. The van der Waals surface area contributed by atoms with Gasteiger partial charge in [0, 0.05) is 11.4 Å². The molecule has 134 valence electrons. The molecule has 1 aliphatic rings. The average Bonchev–Trinajstić information content (AvgIpc) is 3.20. The van der Waals surface area contributed by atoms with E-state index in [1.165, 1.54) is 4.90 Å². The van der Waals surface area contributed by atoms with Crippen molar-refractivity contribution in [1.29, 1.82) is 0 Å². The third-order valence-electron chi connectivity index (χ3n) is 4.57. The van der Waals surface area contributed by atoms with E-state index >= 15 is 0 Å². The van der Waals surface area contributed by atoms with Crippen LogP contribution in [0.1, 0.15) is 12.2 Å². The van der Waals surface area contributed by atoms with Gasteiger partial charge in [0.05, 0.1) is 12.7 Å². The molecule has 0 spiro atoms. The highest BCUT2D eigenvalue weighted by atomic mass is 16.3. The van der Waals surface area contributed by atoms with Gasteiger partial charge in [-0.15, -0.1) is 0 Å². The van der Waals surface area contributed by atoms with Crippen LogP contribution in [0, 0.1) is 0 Å². The minimum Gasteiger partial charge on any atom is -0.465 e. The number of nitrogens with one attached hydrogen (secondary N) is 1. The monoisotopic (exact) mass is 358 g/mol. The van der Waals surface area contributed by atoms with Crippen LogP contribution in [-0.2, 0) is 9.59 Å². The molecule has 0 radical (unpaired) electrons. The minimum absolute atomic E-state index is 0.0950. The molecule has 1 unspecified atom stereocenters. The van der Waals surface area contributed by atoms with Crippen molar-refractivity contribution >= 4 is 29.3 Å². The quantitative estimate of drug-likeness (QED) is 0.698. The van der Waals surface area contributed by atoms with Crippen molar-refractivity contribution in [2.45, 2.75) is 12.0 Å². The molecule has 3 aromatic rings. The molecule has 1 saturated heterocycles. The van der Waals surface area contributed by atoms with Crippen molar-refractivity contribution in [2.75, 3.05) is 10.2 Å². The molecule has 27 heavy (non-hydrogen) atoms. The first-order valence-electron chi connectivity index (χ1n) is 8.66. The average molecular weight is 358 g/mol. The SMILES string of the molecule is O=C1CC(C=Cc2ccco2)(C(=O)Nc2ccccc2)N1c1ccccc1. The van der Waals surface area contributed by atoms with Gasteiger partial charge in [0.15, 0.2) is 5.54 Å². The number of hydrogen-bond donors (Lipinski definition) is 1. The van der Waals surface area contributed by atoms with E-state index in [2.05, 4.69) is 5.32 Å². The molecule has 1 N–H and O–H groups in total. The first kappa shape index (κ1) is 16.8. The number of anilines is 2.